The van der Waals surface area contributed by atoms with Gasteiger partial charge in [-0.1, -0.05) is 17.2 Å². The van der Waals surface area contributed by atoms with Crippen LogP contribution in [0.5, 0.6) is 0 Å². The average molecular weight is 352 g/mol. The molecule has 1 aromatic carbocycles. The second kappa shape index (κ2) is 5.58. The van der Waals surface area contributed by atoms with Gasteiger partial charge in [-0.15, -0.1) is 0 Å². The van der Waals surface area contributed by atoms with Crippen molar-refractivity contribution in [3.05, 3.63) is 69.1 Å². The molecule has 0 aliphatic carbocycles. The summed E-state index contributed by atoms with van der Waals surface area (Å²) in [6.45, 7) is 0. The first kappa shape index (κ1) is 16.4. The van der Waals surface area contributed by atoms with Crippen molar-refractivity contribution in [1.29, 1.82) is 0 Å². The summed E-state index contributed by atoms with van der Waals surface area (Å²) >= 11 is 0. The molecule has 0 bridgehead atoms. The Bertz CT molecular complexity index is 929. The zero-order valence-electron chi connectivity index (χ0n) is 12.1. The van der Waals surface area contributed by atoms with Gasteiger partial charge in [0.05, 0.1) is 11.1 Å². The topological polar surface area (TPSA) is 96.5 Å². The van der Waals surface area contributed by atoms with Gasteiger partial charge >= 0.3 is 12.1 Å². The summed E-state index contributed by atoms with van der Waals surface area (Å²) < 4.78 is 37.6. The van der Waals surface area contributed by atoms with Crippen LogP contribution in [0, 0.1) is 0 Å². The SMILES string of the molecule is O=C(ON1C(=O)c2ccccc2C1=O)c1ccc(C(F)(F)F)c(=O)[nH]1. The van der Waals surface area contributed by atoms with Gasteiger partial charge in [-0.05, 0) is 24.3 Å². The van der Waals surface area contributed by atoms with Gasteiger partial charge in [0, 0.05) is 0 Å². The van der Waals surface area contributed by atoms with E-state index in [9.17, 15) is 32.3 Å². The van der Waals surface area contributed by atoms with Crippen molar-refractivity contribution >= 4 is 17.8 Å². The van der Waals surface area contributed by atoms with Gasteiger partial charge in [-0.2, -0.15) is 13.2 Å². The summed E-state index contributed by atoms with van der Waals surface area (Å²) in [5, 5.41) is 0.184. The van der Waals surface area contributed by atoms with Gasteiger partial charge < -0.3 is 9.82 Å². The molecule has 0 saturated heterocycles. The number of nitrogens with one attached hydrogen (secondary N) is 1. The fraction of sp³-hybridized carbons (Fsp3) is 0.0667. The first-order valence-electron chi connectivity index (χ1n) is 6.71. The number of hydrogen-bond acceptors (Lipinski definition) is 5. The van der Waals surface area contributed by atoms with Crippen LogP contribution in [0.1, 0.15) is 36.8 Å². The number of alkyl halides is 3. The van der Waals surface area contributed by atoms with Crippen LogP contribution < -0.4 is 5.56 Å². The van der Waals surface area contributed by atoms with E-state index < -0.39 is 40.8 Å². The molecular formula is C15H7F3N2O5. The molecule has 1 aromatic heterocycles. The number of imide groups is 1. The van der Waals surface area contributed by atoms with Crippen molar-refractivity contribution in [2.24, 2.45) is 0 Å². The third-order valence-electron chi connectivity index (χ3n) is 3.37. The first-order valence-corrected chi connectivity index (χ1v) is 6.71. The Balaban J connectivity index is 1.85. The van der Waals surface area contributed by atoms with E-state index >= 15 is 0 Å². The number of carbonyl (C=O) groups excluding carboxylic acids is 3. The number of halogens is 3. The maximum atomic E-state index is 12.5. The van der Waals surface area contributed by atoms with E-state index in [0.717, 1.165) is 0 Å². The zero-order valence-corrected chi connectivity index (χ0v) is 12.1. The lowest BCUT2D eigenvalue weighted by Gasteiger charge is -2.12. The Morgan fingerprint density at radius 1 is 0.960 bits per heavy atom. The zero-order chi connectivity index (χ0) is 18.4. The quantitative estimate of drug-likeness (QED) is 0.831. The fourth-order valence-corrected chi connectivity index (χ4v) is 2.20. The third kappa shape index (κ3) is 2.77. The number of hydroxylamine groups is 2. The van der Waals surface area contributed by atoms with Gasteiger partial charge in [0.15, 0.2) is 0 Å². The lowest BCUT2D eigenvalue weighted by atomic mass is 10.1. The van der Waals surface area contributed by atoms with Crippen LogP contribution in [0.3, 0.4) is 0 Å². The summed E-state index contributed by atoms with van der Waals surface area (Å²) in [6, 6.07) is 6.78. The van der Waals surface area contributed by atoms with Gasteiger partial charge in [0.1, 0.15) is 11.3 Å². The minimum Gasteiger partial charge on any atom is -0.323 e. The predicted molar refractivity (Wildman–Crippen MR) is 74.4 cm³/mol. The van der Waals surface area contributed by atoms with Gasteiger partial charge in [-0.25, -0.2) is 4.79 Å². The number of nitrogens with zero attached hydrogens (tertiary/aromatic N) is 1. The number of hydrogen-bond donors (Lipinski definition) is 1. The van der Waals surface area contributed by atoms with E-state index in [0.29, 0.717) is 12.1 Å². The molecule has 3 rings (SSSR count). The molecule has 10 heteroatoms. The number of pyridine rings is 1. The molecule has 25 heavy (non-hydrogen) atoms. The molecule has 2 aromatic rings. The van der Waals surface area contributed by atoms with Gasteiger partial charge in [-0.3, -0.25) is 14.4 Å². The summed E-state index contributed by atoms with van der Waals surface area (Å²) in [5.41, 5.74) is -3.66. The number of amides is 2. The molecular weight excluding hydrogens is 345 g/mol. The number of rotatable bonds is 2. The Labute approximate surface area is 136 Å². The lowest BCUT2D eigenvalue weighted by Crippen LogP contribution is -2.33. The van der Waals surface area contributed by atoms with Crippen molar-refractivity contribution in [3.8, 4) is 0 Å². The monoisotopic (exact) mass is 352 g/mol. The van der Waals surface area contributed by atoms with Crippen molar-refractivity contribution < 1.29 is 32.4 Å². The molecule has 2 amide bonds. The van der Waals surface area contributed by atoms with Crippen LogP contribution in [0.4, 0.5) is 13.2 Å². The molecule has 128 valence electrons. The highest BCUT2D eigenvalue weighted by Crippen LogP contribution is 2.26. The summed E-state index contributed by atoms with van der Waals surface area (Å²) in [7, 11) is 0. The number of carbonyl (C=O) groups is 3. The second-order valence-electron chi connectivity index (χ2n) is 4.94. The lowest BCUT2D eigenvalue weighted by molar-refractivity contribution is -0.138. The minimum atomic E-state index is -4.89. The summed E-state index contributed by atoms with van der Waals surface area (Å²) in [4.78, 5) is 53.7. The van der Waals surface area contributed by atoms with Crippen molar-refractivity contribution in [1.82, 2.24) is 10.0 Å². The van der Waals surface area contributed by atoms with Gasteiger partial charge in [0.25, 0.3) is 17.4 Å². The summed E-state index contributed by atoms with van der Waals surface area (Å²) in [6.07, 6.45) is -4.89. The van der Waals surface area contributed by atoms with Crippen LogP contribution in [0.2, 0.25) is 0 Å². The maximum Gasteiger partial charge on any atom is 0.421 e. The highest BCUT2D eigenvalue weighted by molar-refractivity contribution is 6.21. The number of fused-ring (bicyclic) bond motifs is 1. The smallest absolute Gasteiger partial charge is 0.323 e. The Morgan fingerprint density at radius 2 is 1.52 bits per heavy atom. The number of aromatic amines is 1. The Kier molecular flexibility index (Phi) is 3.67. The Hall–Kier alpha value is -3.43. The van der Waals surface area contributed by atoms with E-state index in [4.69, 9.17) is 0 Å². The van der Waals surface area contributed by atoms with Crippen LogP contribution in [-0.2, 0) is 11.0 Å². The number of aromatic nitrogens is 1. The predicted octanol–water partition coefficient (Wildman–Crippen LogP) is 1.76. The third-order valence-corrected chi connectivity index (χ3v) is 3.37. The largest absolute Gasteiger partial charge is 0.421 e. The molecule has 0 radical (unpaired) electrons. The van der Waals surface area contributed by atoms with E-state index in [2.05, 4.69) is 4.84 Å². The molecule has 1 aliphatic heterocycles. The first-order chi connectivity index (χ1) is 11.7. The standard InChI is InChI=1S/C15H7F3N2O5/c16-15(17,18)9-5-6-10(19-11(9)21)14(24)25-20-12(22)7-3-1-2-4-8(7)13(20)23/h1-6H,(H,19,21). The van der Waals surface area contributed by atoms with Crippen LogP contribution in [0.15, 0.2) is 41.2 Å². The van der Waals surface area contributed by atoms with E-state index in [1.54, 1.807) is 4.98 Å². The molecule has 0 unspecified atom stereocenters. The molecule has 7 nitrogen and oxygen atoms in total. The maximum absolute atomic E-state index is 12.5. The van der Waals surface area contributed by atoms with Gasteiger partial charge in [0.2, 0.25) is 0 Å². The fourth-order valence-electron chi connectivity index (χ4n) is 2.20. The van der Waals surface area contributed by atoms with Crippen molar-refractivity contribution in [2.75, 3.05) is 0 Å². The molecule has 0 atom stereocenters. The summed E-state index contributed by atoms with van der Waals surface area (Å²) in [5.74, 6) is -3.16. The number of benzene rings is 1. The molecule has 1 aliphatic rings. The molecule has 1 N–H and O–H groups in total. The highest BCUT2D eigenvalue weighted by Gasteiger charge is 2.39. The van der Waals surface area contributed by atoms with E-state index in [-0.39, 0.29) is 16.2 Å². The minimum absolute atomic E-state index is 0.0150. The normalized spacial score (nSPS) is 13.8. The highest BCUT2D eigenvalue weighted by atomic mass is 19.4. The average Bonchev–Trinajstić information content (AvgIpc) is 2.79. The second-order valence-corrected chi connectivity index (χ2v) is 4.94. The van der Waals surface area contributed by atoms with Crippen molar-refractivity contribution in [2.45, 2.75) is 6.18 Å². The van der Waals surface area contributed by atoms with Crippen LogP contribution in [-0.4, -0.2) is 27.8 Å². The van der Waals surface area contributed by atoms with E-state index in [1.165, 1.54) is 24.3 Å². The molecule has 0 saturated carbocycles. The number of H-pyrrole nitrogens is 1. The van der Waals surface area contributed by atoms with Crippen LogP contribution in [0.25, 0.3) is 0 Å². The van der Waals surface area contributed by atoms with E-state index in [1.807, 2.05) is 0 Å². The van der Waals surface area contributed by atoms with Crippen molar-refractivity contribution in [3.63, 3.8) is 0 Å². The molecule has 2 heterocycles. The molecule has 0 spiro atoms. The Morgan fingerprint density at radius 3 is 2.00 bits per heavy atom. The molecule has 0 fully saturated rings. The van der Waals surface area contributed by atoms with Crippen LogP contribution >= 0.6 is 0 Å².